The molecule has 0 amide bonds. The van der Waals surface area contributed by atoms with Crippen LogP contribution in [0.2, 0.25) is 0 Å². The third-order valence-corrected chi connectivity index (χ3v) is 0.125. The molecule has 0 saturated carbocycles. The molecule has 0 radical (unpaired) electrons. The Labute approximate surface area is 99.4 Å². The first kappa shape index (κ1) is 29.2. The zero-order valence-electron chi connectivity index (χ0n) is 6.98. The molecule has 0 atom stereocenters. The summed E-state index contributed by atoms with van der Waals surface area (Å²) >= 11 is 1.61. The predicted octanol–water partition coefficient (Wildman–Crippen LogP) is 2.31. The summed E-state index contributed by atoms with van der Waals surface area (Å²) in [6, 6.07) is 0. The van der Waals surface area contributed by atoms with Gasteiger partial charge in [0.1, 0.15) is 0 Å². The summed E-state index contributed by atoms with van der Waals surface area (Å²) in [6.07, 6.45) is 0. The molecule has 0 bridgehead atoms. The van der Waals surface area contributed by atoms with Crippen molar-refractivity contribution in [2.45, 2.75) is 0 Å². The molecule has 0 aliphatic rings. The molecule has 0 unspecified atom stereocenters. The minimum absolute atomic E-state index is 0.236. The van der Waals surface area contributed by atoms with Crippen LogP contribution in [0.4, 0.5) is 0 Å². The molecular weight excluding hydrogens is 421 g/mol. The third kappa shape index (κ3) is 167000. The van der Waals surface area contributed by atoms with E-state index in [4.69, 9.17) is 41.8 Å². The van der Waals surface area contributed by atoms with E-state index in [1.54, 1.807) is 18.8 Å². The fourth-order valence-electron chi connectivity index (χ4n) is 0. The van der Waals surface area contributed by atoms with Gasteiger partial charge in [0, 0.05) is 0 Å². The van der Waals surface area contributed by atoms with Crippen molar-refractivity contribution in [2.75, 3.05) is 13.1 Å². The Morgan fingerprint density at radius 1 is 1.07 bits per heavy atom. The number of nitrogens with zero attached hydrogens (tertiary/aromatic N) is 3. The first-order valence-corrected chi connectivity index (χ1v) is 5.27. The van der Waals surface area contributed by atoms with E-state index < -0.39 is 0 Å². The monoisotopic (exact) mass is 428 g/mol. The van der Waals surface area contributed by atoms with Gasteiger partial charge in [0.2, 0.25) is 0 Å². The zero-order chi connectivity index (χ0) is 13.5. The molecule has 0 spiro atoms. The largest absolute Gasteiger partial charge is 0.679 e. The van der Waals surface area contributed by atoms with Crippen LogP contribution < -0.4 is 0 Å². The smallest absolute Gasteiger partial charge is 0.171 e. The number of nitrogens with one attached hydrogen (secondary N) is 2. The molecule has 0 rings (SSSR count). The van der Waals surface area contributed by atoms with E-state index in [1.165, 1.54) is 10.7 Å². The second-order valence-electron chi connectivity index (χ2n) is 0.738. The Hall–Kier alpha value is -0.902. The first-order valence-electron chi connectivity index (χ1n) is 2.46. The van der Waals surface area contributed by atoms with E-state index in [0.29, 0.717) is 0 Å². The fourth-order valence-corrected chi connectivity index (χ4v) is 0. The molecule has 4 N–H and O–H groups in total. The number of halogens is 1. The molecular formula is C2H8ClN5O6Pt-3. The van der Waals surface area contributed by atoms with Gasteiger partial charge in [0.25, 0.3) is 0 Å². The summed E-state index contributed by atoms with van der Waals surface area (Å²) in [5.74, 6) is 0. The van der Waals surface area contributed by atoms with Crippen LogP contribution in [0.1, 0.15) is 0 Å². The molecule has 0 heterocycles. The molecule has 0 aliphatic carbocycles. The van der Waals surface area contributed by atoms with Gasteiger partial charge < -0.3 is 32.0 Å². The molecule has 0 aromatic carbocycles. The van der Waals surface area contributed by atoms with Gasteiger partial charge in [-0.15, -0.1) is 15.2 Å². The molecule has 0 aliphatic heterocycles. The Kier molecular flexibility index (Phi) is 222. The predicted molar refractivity (Wildman–Crippen MR) is 48.6 cm³/mol. The van der Waals surface area contributed by atoms with E-state index in [2.05, 4.69) is 9.42 Å². The van der Waals surface area contributed by atoms with Crippen molar-refractivity contribution in [1.82, 2.24) is 0 Å². The fraction of sp³-hybridized carbons (Fsp3) is 1.00. The first-order chi connectivity index (χ1) is 7.16. The summed E-state index contributed by atoms with van der Waals surface area (Å²) in [7, 11) is 4.61. The van der Waals surface area contributed by atoms with Gasteiger partial charge in [-0.05, 0) is 0 Å². The topological polar surface area (TPSA) is 199 Å². The van der Waals surface area contributed by atoms with Crippen molar-refractivity contribution in [1.29, 1.82) is 0 Å². The van der Waals surface area contributed by atoms with Crippen LogP contribution in [-0.2, 0) is 18.8 Å². The second-order valence-corrected chi connectivity index (χ2v) is 0.738. The van der Waals surface area contributed by atoms with Crippen molar-refractivity contribution in [3.8, 4) is 0 Å². The van der Waals surface area contributed by atoms with Gasteiger partial charge in [-0.25, -0.2) is 0 Å². The van der Waals surface area contributed by atoms with Gasteiger partial charge in [0.05, 0.1) is 0 Å². The van der Waals surface area contributed by atoms with Crippen molar-refractivity contribution in [3.63, 3.8) is 0 Å². The van der Waals surface area contributed by atoms with Gasteiger partial charge in [-0.1, -0.05) is 0 Å². The van der Waals surface area contributed by atoms with Crippen LogP contribution in [0.5, 0.6) is 0 Å². The third-order valence-electron chi connectivity index (χ3n) is 0.125. The normalized spacial score (nSPS) is 4.87. The number of rotatable bonds is 1. The van der Waals surface area contributed by atoms with E-state index in [9.17, 15) is 0 Å². The van der Waals surface area contributed by atoms with Crippen molar-refractivity contribution >= 4 is 9.42 Å². The average molecular weight is 429 g/mol. The average Bonchev–Trinajstić information content (AvgIpc) is 2.24. The Balaban J connectivity index is -0.0000000283. The Bertz CT molecular complexity index is 83.3. The minimum atomic E-state index is 0.236. The molecule has 15 heavy (non-hydrogen) atoms. The van der Waals surface area contributed by atoms with Crippen LogP contribution in [0.25, 0.3) is 11.5 Å². The van der Waals surface area contributed by atoms with Gasteiger partial charge in [-0.3, -0.25) is 0 Å². The second kappa shape index (κ2) is 114. The van der Waals surface area contributed by atoms with Crippen LogP contribution in [0.15, 0.2) is 16.0 Å². The van der Waals surface area contributed by atoms with E-state index in [1.807, 2.05) is 0 Å². The van der Waals surface area contributed by atoms with Crippen molar-refractivity contribution in [3.05, 3.63) is 31.4 Å². The Morgan fingerprint density at radius 3 is 1.13 bits per heavy atom. The molecule has 0 saturated heterocycles. The van der Waals surface area contributed by atoms with Gasteiger partial charge in [-0.2, -0.15) is 13.1 Å². The number of hydrogen-bond donors (Lipinski definition) is 2. The number of hydrogen-bond acceptors (Lipinski definition) is 7. The Morgan fingerprint density at radius 2 is 1.13 bits per heavy atom. The maximum absolute atomic E-state index is 8.11. The standard InChI is InChI=1S/C2H6N2.ClH.3HNO2.Pt/c3-1-2-4;;3*2-1-3;/h3-4H,1-2H2;1H;3*(H,2,3);/q-2;;;;;+1/p-2. The van der Waals surface area contributed by atoms with Crippen LogP contribution in [0.3, 0.4) is 0 Å². The van der Waals surface area contributed by atoms with Crippen LogP contribution in [0, 0.1) is 19.9 Å². The van der Waals surface area contributed by atoms with E-state index >= 15 is 0 Å². The quantitative estimate of drug-likeness (QED) is 0.473. The summed E-state index contributed by atoms with van der Waals surface area (Å²) in [5.41, 5.74) is 12.5. The zero-order valence-corrected chi connectivity index (χ0v) is 10.0. The van der Waals surface area contributed by atoms with E-state index in [0.717, 1.165) is 5.34 Å². The van der Waals surface area contributed by atoms with Gasteiger partial charge >= 0.3 is 28.2 Å². The van der Waals surface area contributed by atoms with E-state index in [-0.39, 0.29) is 13.1 Å². The van der Waals surface area contributed by atoms with Crippen molar-refractivity contribution in [2.24, 2.45) is 16.0 Å². The molecule has 11 nitrogen and oxygen atoms in total. The maximum atomic E-state index is 8.11. The van der Waals surface area contributed by atoms with Crippen molar-refractivity contribution < 1.29 is 29.2 Å². The molecule has 0 aromatic rings. The molecule has 13 heteroatoms. The van der Waals surface area contributed by atoms with Crippen LogP contribution in [-0.4, -0.2) is 23.5 Å². The summed E-state index contributed by atoms with van der Waals surface area (Å²) in [6.45, 7) is 0.472. The van der Waals surface area contributed by atoms with Crippen LogP contribution >= 0.6 is 9.42 Å². The SMILES string of the molecule is O=NO.O=NO.O=N[O-].[Cl][Pt].[NH-]CC[NH-]. The van der Waals surface area contributed by atoms with Gasteiger partial charge in [0.15, 0.2) is 10.7 Å². The molecule has 97 valence electrons. The summed E-state index contributed by atoms with van der Waals surface area (Å²) in [4.78, 5) is 24.2. The summed E-state index contributed by atoms with van der Waals surface area (Å²) in [5, 5.41) is 24.8. The molecule has 0 aromatic heterocycles. The maximum Gasteiger partial charge on any atom is -0.171 e. The summed E-state index contributed by atoms with van der Waals surface area (Å²) < 4.78 is 0. The molecule has 0 fully saturated rings. The minimum Gasteiger partial charge on any atom is -0.679 e.